The van der Waals surface area contributed by atoms with Gasteiger partial charge in [-0.05, 0) is 17.7 Å². The maximum Gasteiger partial charge on any atom is 0.420 e. The molecule has 2 aromatic rings. The molecule has 0 amide bonds. The molecule has 4 nitrogen and oxygen atoms in total. The van der Waals surface area contributed by atoms with Gasteiger partial charge in [-0.3, -0.25) is 0 Å². The molecule has 3 rings (SSSR count). The predicted molar refractivity (Wildman–Crippen MR) is 83.9 cm³/mol. The average molecular weight is 378 g/mol. The zero-order valence-electron chi connectivity index (χ0n) is 14.3. The van der Waals surface area contributed by atoms with Crippen molar-refractivity contribution in [3.05, 3.63) is 29.2 Å². The Hall–Kier alpha value is -1.74. The Morgan fingerprint density at radius 1 is 1.27 bits per heavy atom. The van der Waals surface area contributed by atoms with Gasteiger partial charge in [-0.1, -0.05) is 13.8 Å². The number of oxazole rings is 1. The molecule has 1 heterocycles. The molecule has 2 N–H and O–H groups in total. The van der Waals surface area contributed by atoms with E-state index in [4.69, 9.17) is 4.42 Å². The first-order valence-corrected chi connectivity index (χ1v) is 8.20. The molecule has 0 saturated heterocycles. The number of hydrogen-bond acceptors (Lipinski definition) is 4. The Bertz CT molecular complexity index is 805. The van der Waals surface area contributed by atoms with Crippen molar-refractivity contribution < 1.29 is 31.5 Å². The molecule has 1 aromatic carbocycles. The fourth-order valence-electron chi connectivity index (χ4n) is 3.14. The smallest absolute Gasteiger partial charge is 0.420 e. The van der Waals surface area contributed by atoms with Crippen LogP contribution in [0.1, 0.15) is 49.6 Å². The Balaban J connectivity index is 1.80. The van der Waals surface area contributed by atoms with Gasteiger partial charge in [-0.2, -0.15) is 13.2 Å². The quantitative estimate of drug-likeness (QED) is 0.765. The number of benzene rings is 1. The SMILES string of the molecule is CC(C)c1nc2cc(CNCC3(O)CC(F)(F)C3)cc(C(F)(F)F)c2o1. The second-order valence-electron chi connectivity index (χ2n) is 7.23. The van der Waals surface area contributed by atoms with Gasteiger partial charge < -0.3 is 14.8 Å². The van der Waals surface area contributed by atoms with Crippen molar-refractivity contribution in [1.29, 1.82) is 0 Å². The maximum atomic E-state index is 13.3. The van der Waals surface area contributed by atoms with Crippen LogP contribution in [0.4, 0.5) is 22.0 Å². The van der Waals surface area contributed by atoms with Gasteiger partial charge in [0, 0.05) is 31.8 Å². The molecule has 0 bridgehead atoms. The van der Waals surface area contributed by atoms with Gasteiger partial charge >= 0.3 is 6.18 Å². The standard InChI is InChI=1S/C17H19F5N2O2/c1-9(2)14-24-12-4-10(3-11(13(12)26-14)17(20,21)22)5-23-8-15(25)6-16(18,19)7-15/h3-4,9,23,25H,5-8H2,1-2H3. The van der Waals surface area contributed by atoms with E-state index < -0.39 is 36.1 Å². The van der Waals surface area contributed by atoms with E-state index in [1.165, 1.54) is 6.07 Å². The highest BCUT2D eigenvalue weighted by Crippen LogP contribution is 2.45. The number of nitrogens with one attached hydrogen (secondary N) is 1. The molecule has 0 unspecified atom stereocenters. The van der Waals surface area contributed by atoms with Crippen LogP contribution in [0.3, 0.4) is 0 Å². The van der Waals surface area contributed by atoms with Gasteiger partial charge in [-0.25, -0.2) is 13.8 Å². The van der Waals surface area contributed by atoms with Crippen LogP contribution in [0.5, 0.6) is 0 Å². The first kappa shape index (κ1) is 19.0. The molecule has 0 radical (unpaired) electrons. The van der Waals surface area contributed by atoms with Gasteiger partial charge in [0.1, 0.15) is 11.1 Å². The van der Waals surface area contributed by atoms with Crippen molar-refractivity contribution in [1.82, 2.24) is 10.3 Å². The van der Waals surface area contributed by atoms with Crippen molar-refractivity contribution in [3.63, 3.8) is 0 Å². The highest BCUT2D eigenvalue weighted by molar-refractivity contribution is 5.78. The van der Waals surface area contributed by atoms with Gasteiger partial charge in [0.05, 0.1) is 5.60 Å². The molecule has 1 aliphatic rings. The van der Waals surface area contributed by atoms with E-state index in [0.29, 0.717) is 0 Å². The summed E-state index contributed by atoms with van der Waals surface area (Å²) in [5, 5.41) is 12.6. The van der Waals surface area contributed by atoms with E-state index in [9.17, 15) is 27.1 Å². The summed E-state index contributed by atoms with van der Waals surface area (Å²) in [5.74, 6) is -2.84. The van der Waals surface area contributed by atoms with Crippen LogP contribution >= 0.6 is 0 Å². The van der Waals surface area contributed by atoms with Gasteiger partial charge in [0.15, 0.2) is 11.5 Å². The minimum atomic E-state index is -4.61. The lowest BCUT2D eigenvalue weighted by atomic mass is 9.76. The topological polar surface area (TPSA) is 58.3 Å². The fraction of sp³-hybridized carbons (Fsp3) is 0.588. The first-order chi connectivity index (χ1) is 11.9. The lowest BCUT2D eigenvalue weighted by Gasteiger charge is -2.43. The van der Waals surface area contributed by atoms with E-state index in [-0.39, 0.29) is 41.6 Å². The van der Waals surface area contributed by atoms with Gasteiger partial charge in [0.25, 0.3) is 5.92 Å². The summed E-state index contributed by atoms with van der Waals surface area (Å²) in [6.45, 7) is 3.37. The molecule has 26 heavy (non-hydrogen) atoms. The Morgan fingerprint density at radius 2 is 1.92 bits per heavy atom. The molecule has 0 atom stereocenters. The van der Waals surface area contributed by atoms with Crippen LogP contribution < -0.4 is 5.32 Å². The average Bonchev–Trinajstić information content (AvgIpc) is 2.87. The lowest BCUT2D eigenvalue weighted by molar-refractivity contribution is -0.202. The molecule has 1 saturated carbocycles. The highest BCUT2D eigenvalue weighted by atomic mass is 19.4. The van der Waals surface area contributed by atoms with Crippen LogP contribution in [0.15, 0.2) is 16.5 Å². The molecule has 1 aromatic heterocycles. The Labute approximate surface area is 146 Å². The summed E-state index contributed by atoms with van der Waals surface area (Å²) in [5.41, 5.74) is -2.40. The van der Waals surface area contributed by atoms with Crippen molar-refractivity contribution in [2.24, 2.45) is 0 Å². The molecule has 144 valence electrons. The second kappa shape index (κ2) is 6.16. The number of aliphatic hydroxyl groups is 1. The van der Waals surface area contributed by atoms with Crippen LogP contribution in [0, 0.1) is 0 Å². The lowest BCUT2D eigenvalue weighted by Crippen LogP contribution is -2.56. The summed E-state index contributed by atoms with van der Waals surface area (Å²) in [6, 6.07) is 2.41. The third-order valence-corrected chi connectivity index (χ3v) is 4.32. The summed E-state index contributed by atoms with van der Waals surface area (Å²) < 4.78 is 71.0. The van der Waals surface area contributed by atoms with Gasteiger partial charge in [0.2, 0.25) is 0 Å². The van der Waals surface area contributed by atoms with Gasteiger partial charge in [-0.15, -0.1) is 0 Å². The monoisotopic (exact) mass is 378 g/mol. The number of fused-ring (bicyclic) bond motifs is 1. The first-order valence-electron chi connectivity index (χ1n) is 8.20. The molecular weight excluding hydrogens is 359 g/mol. The minimum Gasteiger partial charge on any atom is -0.440 e. The third kappa shape index (κ3) is 3.83. The molecule has 0 aliphatic heterocycles. The zero-order chi connectivity index (χ0) is 19.3. The van der Waals surface area contributed by atoms with E-state index in [1.54, 1.807) is 13.8 Å². The van der Waals surface area contributed by atoms with Crippen molar-refractivity contribution >= 4 is 11.1 Å². The van der Waals surface area contributed by atoms with Crippen LogP contribution in [0.25, 0.3) is 11.1 Å². The van der Waals surface area contributed by atoms with Crippen molar-refractivity contribution in [2.75, 3.05) is 6.54 Å². The zero-order valence-corrected chi connectivity index (χ0v) is 14.3. The number of halogens is 5. The molecule has 1 aliphatic carbocycles. The highest BCUT2D eigenvalue weighted by Gasteiger charge is 2.55. The molecular formula is C17H19F5N2O2. The van der Waals surface area contributed by atoms with Crippen LogP contribution in [0.2, 0.25) is 0 Å². The minimum absolute atomic E-state index is 0.0171. The predicted octanol–water partition coefficient (Wildman–Crippen LogP) is 4.22. The Kier molecular flexibility index (Phi) is 4.51. The number of alkyl halides is 5. The van der Waals surface area contributed by atoms with Crippen molar-refractivity contribution in [2.45, 2.75) is 56.9 Å². The van der Waals surface area contributed by atoms with E-state index >= 15 is 0 Å². The van der Waals surface area contributed by atoms with E-state index in [1.807, 2.05) is 0 Å². The number of hydrogen-bond donors (Lipinski definition) is 2. The number of nitrogens with zero attached hydrogens (tertiary/aromatic N) is 1. The summed E-state index contributed by atoms with van der Waals surface area (Å²) >= 11 is 0. The van der Waals surface area contributed by atoms with Crippen LogP contribution in [-0.2, 0) is 12.7 Å². The normalized spacial score (nSPS) is 19.1. The maximum absolute atomic E-state index is 13.3. The third-order valence-electron chi connectivity index (χ3n) is 4.32. The van der Waals surface area contributed by atoms with Crippen LogP contribution in [-0.4, -0.2) is 28.2 Å². The van der Waals surface area contributed by atoms with Crippen molar-refractivity contribution in [3.8, 4) is 0 Å². The summed E-state index contributed by atoms with van der Waals surface area (Å²) in [4.78, 5) is 4.11. The fourth-order valence-corrected chi connectivity index (χ4v) is 3.14. The van der Waals surface area contributed by atoms with E-state index in [2.05, 4.69) is 10.3 Å². The largest absolute Gasteiger partial charge is 0.440 e. The Morgan fingerprint density at radius 3 is 2.46 bits per heavy atom. The van der Waals surface area contributed by atoms with E-state index in [0.717, 1.165) is 6.07 Å². The molecule has 9 heteroatoms. The summed E-state index contributed by atoms with van der Waals surface area (Å²) in [7, 11) is 0. The summed E-state index contributed by atoms with van der Waals surface area (Å²) in [6.07, 6.45) is -5.92. The second-order valence-corrected chi connectivity index (χ2v) is 7.23. The number of rotatable bonds is 5. The number of aromatic nitrogens is 1. The molecule has 0 spiro atoms. The molecule has 1 fully saturated rings.